The highest BCUT2D eigenvalue weighted by Crippen LogP contribution is 2.37. The molecule has 0 aromatic heterocycles. The molecule has 0 aliphatic heterocycles. The second-order valence-corrected chi connectivity index (χ2v) is 8.10. The molecular formula is C24H26N2O4S. The fraction of sp³-hybridized carbons (Fsp3) is 0.250. The van der Waals surface area contributed by atoms with Gasteiger partial charge >= 0.3 is 12.1 Å². The molecule has 31 heavy (non-hydrogen) atoms. The van der Waals surface area contributed by atoms with E-state index in [1.807, 2.05) is 72.8 Å². The van der Waals surface area contributed by atoms with Crippen molar-refractivity contribution in [3.05, 3.63) is 83.9 Å². The third kappa shape index (κ3) is 5.99. The van der Waals surface area contributed by atoms with Gasteiger partial charge in [0, 0.05) is 12.3 Å². The van der Waals surface area contributed by atoms with Crippen LogP contribution in [0, 0.1) is 0 Å². The standard InChI is InChI=1S/C24H26N2O4S/c1-29-23(27)21(26-24(28)30-16-17-8-3-2-4-9-17)22(31-15-14-25)20-13-7-11-18-10-5-6-12-19(18)20/h2-13,21-22H,14-16,25H2,1H3,(H,26,28). The van der Waals surface area contributed by atoms with Gasteiger partial charge in [0.15, 0.2) is 0 Å². The van der Waals surface area contributed by atoms with Crippen molar-refractivity contribution < 1.29 is 19.1 Å². The third-order valence-electron chi connectivity index (χ3n) is 4.79. The number of methoxy groups -OCH3 is 1. The third-order valence-corrected chi connectivity index (χ3v) is 6.15. The summed E-state index contributed by atoms with van der Waals surface area (Å²) in [5.74, 6) is 0.0707. The summed E-state index contributed by atoms with van der Waals surface area (Å²) in [6, 6.07) is 22.3. The van der Waals surface area contributed by atoms with Crippen LogP contribution in [0.5, 0.6) is 0 Å². The van der Waals surface area contributed by atoms with Gasteiger partial charge in [-0.2, -0.15) is 0 Å². The van der Waals surface area contributed by atoms with Gasteiger partial charge in [0.25, 0.3) is 0 Å². The Morgan fingerprint density at radius 2 is 1.71 bits per heavy atom. The summed E-state index contributed by atoms with van der Waals surface area (Å²) in [4.78, 5) is 25.2. The monoisotopic (exact) mass is 438 g/mol. The number of rotatable bonds is 9. The van der Waals surface area contributed by atoms with E-state index in [0.717, 1.165) is 21.9 Å². The minimum Gasteiger partial charge on any atom is -0.467 e. The molecule has 0 bridgehead atoms. The first-order valence-electron chi connectivity index (χ1n) is 9.98. The second-order valence-electron chi connectivity index (χ2n) is 6.86. The maximum Gasteiger partial charge on any atom is 0.408 e. The van der Waals surface area contributed by atoms with Crippen LogP contribution in [0.2, 0.25) is 0 Å². The van der Waals surface area contributed by atoms with Crippen LogP contribution in [-0.2, 0) is 20.9 Å². The zero-order valence-electron chi connectivity index (χ0n) is 17.3. The lowest BCUT2D eigenvalue weighted by Crippen LogP contribution is -2.45. The van der Waals surface area contributed by atoms with E-state index in [1.165, 1.54) is 18.9 Å². The van der Waals surface area contributed by atoms with Gasteiger partial charge in [0.1, 0.15) is 12.6 Å². The number of amides is 1. The molecule has 0 aliphatic carbocycles. The van der Waals surface area contributed by atoms with Gasteiger partial charge in [0.2, 0.25) is 0 Å². The predicted octanol–water partition coefficient (Wildman–Crippen LogP) is 4.04. The summed E-state index contributed by atoms with van der Waals surface area (Å²) in [5.41, 5.74) is 7.52. The Hall–Kier alpha value is -3.03. The van der Waals surface area contributed by atoms with Crippen molar-refractivity contribution in [2.75, 3.05) is 19.4 Å². The minimum atomic E-state index is -0.935. The fourth-order valence-electron chi connectivity index (χ4n) is 3.34. The molecular weight excluding hydrogens is 412 g/mol. The van der Waals surface area contributed by atoms with E-state index in [9.17, 15) is 9.59 Å². The highest BCUT2D eigenvalue weighted by atomic mass is 32.2. The molecule has 6 nitrogen and oxygen atoms in total. The molecule has 3 aromatic carbocycles. The van der Waals surface area contributed by atoms with Crippen molar-refractivity contribution in [1.29, 1.82) is 0 Å². The van der Waals surface area contributed by atoms with Gasteiger partial charge in [-0.3, -0.25) is 0 Å². The van der Waals surface area contributed by atoms with E-state index in [2.05, 4.69) is 5.32 Å². The molecule has 0 saturated heterocycles. The van der Waals surface area contributed by atoms with Crippen molar-refractivity contribution in [1.82, 2.24) is 5.32 Å². The van der Waals surface area contributed by atoms with Crippen molar-refractivity contribution in [2.45, 2.75) is 17.9 Å². The maximum absolute atomic E-state index is 12.7. The van der Waals surface area contributed by atoms with Crippen LogP contribution in [0.3, 0.4) is 0 Å². The number of ether oxygens (including phenoxy) is 2. The zero-order valence-corrected chi connectivity index (χ0v) is 18.1. The minimum absolute atomic E-state index is 0.107. The summed E-state index contributed by atoms with van der Waals surface area (Å²) < 4.78 is 10.4. The highest BCUT2D eigenvalue weighted by molar-refractivity contribution is 7.99. The summed E-state index contributed by atoms with van der Waals surface area (Å²) in [6.45, 7) is 0.549. The lowest BCUT2D eigenvalue weighted by Gasteiger charge is -2.27. The average Bonchev–Trinajstić information content (AvgIpc) is 2.82. The molecule has 0 heterocycles. The first-order valence-corrected chi connectivity index (χ1v) is 11.0. The van der Waals surface area contributed by atoms with Crippen LogP contribution in [0.1, 0.15) is 16.4 Å². The van der Waals surface area contributed by atoms with Gasteiger partial charge in [-0.1, -0.05) is 72.8 Å². The maximum atomic E-state index is 12.7. The van der Waals surface area contributed by atoms with Crippen LogP contribution >= 0.6 is 11.8 Å². The molecule has 0 fully saturated rings. The zero-order chi connectivity index (χ0) is 22.1. The number of carbonyl (C=O) groups is 2. The summed E-state index contributed by atoms with van der Waals surface area (Å²) >= 11 is 1.50. The molecule has 0 aliphatic rings. The molecule has 162 valence electrons. The molecule has 2 atom stereocenters. The molecule has 0 radical (unpaired) electrons. The number of thioether (sulfide) groups is 1. The number of alkyl carbamates (subject to hydrolysis) is 1. The number of nitrogens with one attached hydrogen (secondary N) is 1. The van der Waals surface area contributed by atoms with E-state index >= 15 is 0 Å². The Bertz CT molecular complexity index is 1010. The first-order chi connectivity index (χ1) is 15.1. The molecule has 3 rings (SSSR count). The Balaban J connectivity index is 1.86. The average molecular weight is 439 g/mol. The molecule has 3 N–H and O–H groups in total. The molecule has 7 heteroatoms. The van der Waals surface area contributed by atoms with E-state index in [1.54, 1.807) is 0 Å². The topological polar surface area (TPSA) is 90.6 Å². The highest BCUT2D eigenvalue weighted by Gasteiger charge is 2.33. The summed E-state index contributed by atoms with van der Waals surface area (Å²) in [6.07, 6.45) is -0.683. The van der Waals surface area contributed by atoms with Gasteiger partial charge in [-0.25, -0.2) is 9.59 Å². The lowest BCUT2D eigenvalue weighted by molar-refractivity contribution is -0.143. The Labute approximate surface area is 186 Å². The smallest absolute Gasteiger partial charge is 0.408 e. The fourth-order valence-corrected chi connectivity index (χ4v) is 4.48. The van der Waals surface area contributed by atoms with Crippen LogP contribution in [0.25, 0.3) is 10.8 Å². The number of nitrogens with two attached hydrogens (primary N) is 1. The summed E-state index contributed by atoms with van der Waals surface area (Å²) in [7, 11) is 1.31. The van der Waals surface area contributed by atoms with Crippen molar-refractivity contribution >= 4 is 34.6 Å². The van der Waals surface area contributed by atoms with Crippen molar-refractivity contribution in [3.8, 4) is 0 Å². The summed E-state index contributed by atoms with van der Waals surface area (Å²) in [5, 5.41) is 4.37. The Morgan fingerprint density at radius 3 is 2.45 bits per heavy atom. The van der Waals surface area contributed by atoms with E-state index in [4.69, 9.17) is 15.2 Å². The van der Waals surface area contributed by atoms with Gasteiger partial charge in [-0.15, -0.1) is 11.8 Å². The normalized spacial score (nSPS) is 12.7. The second kappa shape index (κ2) is 11.4. The molecule has 3 aromatic rings. The lowest BCUT2D eigenvalue weighted by atomic mass is 9.98. The SMILES string of the molecule is COC(=O)C(NC(=O)OCc1ccccc1)C(SCCN)c1cccc2ccccc12. The van der Waals surface area contributed by atoms with Crippen molar-refractivity contribution in [2.24, 2.45) is 5.73 Å². The number of fused-ring (bicyclic) bond motifs is 1. The van der Waals surface area contributed by atoms with Gasteiger partial charge < -0.3 is 20.5 Å². The predicted molar refractivity (Wildman–Crippen MR) is 124 cm³/mol. The van der Waals surface area contributed by atoms with Gasteiger partial charge in [-0.05, 0) is 21.9 Å². The van der Waals surface area contributed by atoms with E-state index in [-0.39, 0.29) is 6.61 Å². The molecule has 1 amide bonds. The molecule has 0 saturated carbocycles. The molecule has 0 spiro atoms. The number of hydrogen-bond donors (Lipinski definition) is 2. The van der Waals surface area contributed by atoms with Crippen LogP contribution < -0.4 is 11.1 Å². The number of carbonyl (C=O) groups excluding carboxylic acids is 2. The largest absolute Gasteiger partial charge is 0.467 e. The van der Waals surface area contributed by atoms with Crippen LogP contribution in [0.4, 0.5) is 4.79 Å². The van der Waals surface area contributed by atoms with Crippen LogP contribution in [-0.4, -0.2) is 37.5 Å². The Morgan fingerprint density at radius 1 is 1.00 bits per heavy atom. The molecule has 2 unspecified atom stereocenters. The van der Waals surface area contributed by atoms with Gasteiger partial charge in [0.05, 0.1) is 12.4 Å². The quantitative estimate of drug-likeness (QED) is 0.490. The van der Waals surface area contributed by atoms with E-state index in [0.29, 0.717) is 12.3 Å². The number of esters is 1. The number of benzene rings is 3. The van der Waals surface area contributed by atoms with E-state index < -0.39 is 23.4 Å². The first kappa shape index (κ1) is 22.7. The Kier molecular flexibility index (Phi) is 8.32. The van der Waals surface area contributed by atoms with Crippen molar-refractivity contribution in [3.63, 3.8) is 0 Å². The van der Waals surface area contributed by atoms with Crippen LogP contribution in [0.15, 0.2) is 72.8 Å². The number of hydrogen-bond acceptors (Lipinski definition) is 6.